The monoisotopic (exact) mass is 452 g/mol. The Kier molecular flexibility index (Phi) is 6.99. The van der Waals surface area contributed by atoms with Gasteiger partial charge in [-0.2, -0.15) is 0 Å². The van der Waals surface area contributed by atoms with Gasteiger partial charge in [-0.1, -0.05) is 47.2 Å². The van der Waals surface area contributed by atoms with E-state index in [1.54, 1.807) is 11.8 Å². The van der Waals surface area contributed by atoms with Crippen molar-refractivity contribution in [1.82, 2.24) is 15.1 Å². The molecule has 3 aromatic rings. The first-order chi connectivity index (χ1) is 15.1. The Bertz CT molecular complexity index is 1040. The Labute approximate surface area is 190 Å². The lowest BCUT2D eigenvalue weighted by Gasteiger charge is -2.31. The largest absolute Gasteiger partial charge is 0.341 e. The Morgan fingerprint density at radius 3 is 2.68 bits per heavy atom. The lowest BCUT2D eigenvalue weighted by Crippen LogP contribution is -2.40. The highest BCUT2D eigenvalue weighted by Crippen LogP contribution is 2.30. The normalized spacial score (nSPS) is 16.2. The van der Waals surface area contributed by atoms with Crippen molar-refractivity contribution in [2.75, 3.05) is 24.2 Å². The standard InChI is InChI=1S/C23H24N4O2S2/c1-16-9-11-18(12-10-16)24-21(29)23-26-25-22(31-23)17-6-5-13-27(14-17)20(28)15-30-19-7-3-2-4-8-19/h2-4,7-12,17H,5-6,13-15H2,1H3,(H,24,29)/t17-/m1/s1. The third kappa shape index (κ3) is 5.71. The summed E-state index contributed by atoms with van der Waals surface area (Å²) in [6, 6.07) is 17.6. The van der Waals surface area contributed by atoms with E-state index in [0.29, 0.717) is 17.3 Å². The summed E-state index contributed by atoms with van der Waals surface area (Å²) in [6.07, 6.45) is 1.88. The predicted molar refractivity (Wildman–Crippen MR) is 125 cm³/mol. The highest BCUT2D eigenvalue weighted by molar-refractivity contribution is 8.00. The van der Waals surface area contributed by atoms with E-state index in [2.05, 4.69) is 15.5 Å². The second kappa shape index (κ2) is 10.1. The predicted octanol–water partition coefficient (Wildman–Crippen LogP) is 4.60. The number of amides is 2. The van der Waals surface area contributed by atoms with E-state index in [-0.39, 0.29) is 17.7 Å². The zero-order valence-corrected chi connectivity index (χ0v) is 18.9. The summed E-state index contributed by atoms with van der Waals surface area (Å²) in [7, 11) is 0. The molecular weight excluding hydrogens is 428 g/mol. The molecule has 2 amide bonds. The van der Waals surface area contributed by atoms with Crippen LogP contribution in [0.15, 0.2) is 59.5 Å². The van der Waals surface area contributed by atoms with E-state index in [0.717, 1.165) is 40.5 Å². The molecule has 0 aliphatic carbocycles. The van der Waals surface area contributed by atoms with Crippen LogP contribution in [0.4, 0.5) is 5.69 Å². The average Bonchev–Trinajstić information content (AvgIpc) is 3.30. The molecule has 0 radical (unpaired) electrons. The van der Waals surface area contributed by atoms with Crippen molar-refractivity contribution in [2.45, 2.75) is 30.6 Å². The zero-order chi connectivity index (χ0) is 21.6. The molecule has 6 nitrogen and oxygen atoms in total. The van der Waals surface area contributed by atoms with Crippen LogP contribution in [0, 0.1) is 6.92 Å². The summed E-state index contributed by atoms with van der Waals surface area (Å²) in [5.41, 5.74) is 1.87. The van der Waals surface area contributed by atoms with Gasteiger partial charge in [-0.3, -0.25) is 9.59 Å². The molecule has 1 aliphatic rings. The number of rotatable bonds is 6. The highest BCUT2D eigenvalue weighted by Gasteiger charge is 2.28. The van der Waals surface area contributed by atoms with Crippen LogP contribution in [-0.4, -0.2) is 45.8 Å². The third-order valence-electron chi connectivity index (χ3n) is 5.17. The number of thioether (sulfide) groups is 1. The molecule has 31 heavy (non-hydrogen) atoms. The molecule has 2 aromatic carbocycles. The second-order valence-corrected chi connectivity index (χ2v) is 9.60. The number of hydrogen-bond acceptors (Lipinski definition) is 6. The SMILES string of the molecule is Cc1ccc(NC(=O)c2nnc([C@@H]3CCCN(C(=O)CSc4ccccc4)C3)s2)cc1. The first kappa shape index (κ1) is 21.5. The van der Waals surface area contributed by atoms with Gasteiger partial charge in [0, 0.05) is 29.6 Å². The van der Waals surface area contributed by atoms with Crippen molar-refractivity contribution >= 4 is 40.6 Å². The fourth-order valence-corrected chi connectivity index (χ4v) is 5.16. The topological polar surface area (TPSA) is 75.2 Å². The van der Waals surface area contributed by atoms with E-state index < -0.39 is 0 Å². The van der Waals surface area contributed by atoms with Gasteiger partial charge in [0.05, 0.1) is 5.75 Å². The third-order valence-corrected chi connectivity index (χ3v) is 7.25. The first-order valence-corrected chi connectivity index (χ1v) is 12.1. The minimum atomic E-state index is -0.254. The number of carbonyl (C=O) groups is 2. The van der Waals surface area contributed by atoms with Crippen LogP contribution in [-0.2, 0) is 4.79 Å². The summed E-state index contributed by atoms with van der Waals surface area (Å²) in [5, 5.41) is 12.4. The second-order valence-electron chi connectivity index (χ2n) is 7.55. The van der Waals surface area contributed by atoms with Crippen LogP contribution in [0.1, 0.15) is 39.1 Å². The molecular formula is C23H24N4O2S2. The molecule has 1 saturated heterocycles. The van der Waals surface area contributed by atoms with Crippen LogP contribution < -0.4 is 5.32 Å². The highest BCUT2D eigenvalue weighted by atomic mass is 32.2. The average molecular weight is 453 g/mol. The lowest BCUT2D eigenvalue weighted by molar-refractivity contribution is -0.129. The molecule has 1 fully saturated rings. The summed E-state index contributed by atoms with van der Waals surface area (Å²) in [6.45, 7) is 3.40. The van der Waals surface area contributed by atoms with Gasteiger partial charge in [-0.15, -0.1) is 22.0 Å². The van der Waals surface area contributed by atoms with Crippen LogP contribution in [0.5, 0.6) is 0 Å². The molecule has 1 aromatic heterocycles. The summed E-state index contributed by atoms with van der Waals surface area (Å²) in [4.78, 5) is 28.2. The van der Waals surface area contributed by atoms with Gasteiger partial charge in [0.2, 0.25) is 10.9 Å². The molecule has 2 heterocycles. The van der Waals surface area contributed by atoms with Gasteiger partial charge >= 0.3 is 0 Å². The number of likely N-dealkylation sites (tertiary alicyclic amines) is 1. The maximum Gasteiger partial charge on any atom is 0.286 e. The van der Waals surface area contributed by atoms with Crippen molar-refractivity contribution in [3.63, 3.8) is 0 Å². The molecule has 4 rings (SSSR count). The van der Waals surface area contributed by atoms with E-state index in [1.165, 1.54) is 11.3 Å². The van der Waals surface area contributed by atoms with Gasteiger partial charge in [-0.25, -0.2) is 0 Å². The van der Waals surface area contributed by atoms with Crippen molar-refractivity contribution < 1.29 is 9.59 Å². The van der Waals surface area contributed by atoms with Crippen molar-refractivity contribution in [3.05, 3.63) is 70.2 Å². The minimum absolute atomic E-state index is 0.123. The minimum Gasteiger partial charge on any atom is -0.341 e. The Morgan fingerprint density at radius 1 is 1.13 bits per heavy atom. The van der Waals surface area contributed by atoms with Crippen LogP contribution in [0.25, 0.3) is 0 Å². The van der Waals surface area contributed by atoms with Crippen LogP contribution in [0.3, 0.4) is 0 Å². The van der Waals surface area contributed by atoms with E-state index in [4.69, 9.17) is 0 Å². The van der Waals surface area contributed by atoms with Gasteiger partial charge in [0.1, 0.15) is 5.01 Å². The maximum atomic E-state index is 12.7. The van der Waals surface area contributed by atoms with Gasteiger partial charge in [0.25, 0.3) is 5.91 Å². The number of aromatic nitrogens is 2. The van der Waals surface area contributed by atoms with Crippen molar-refractivity contribution in [3.8, 4) is 0 Å². The number of nitrogens with one attached hydrogen (secondary N) is 1. The smallest absolute Gasteiger partial charge is 0.286 e. The quantitative estimate of drug-likeness (QED) is 0.554. The van der Waals surface area contributed by atoms with Crippen molar-refractivity contribution in [2.24, 2.45) is 0 Å². The number of nitrogens with zero attached hydrogens (tertiary/aromatic N) is 3. The Hall–Kier alpha value is -2.71. The molecule has 1 atom stereocenters. The van der Waals surface area contributed by atoms with Gasteiger partial charge < -0.3 is 10.2 Å². The number of carbonyl (C=O) groups excluding carboxylic acids is 2. The molecule has 0 spiro atoms. The van der Waals surface area contributed by atoms with Crippen LogP contribution in [0.2, 0.25) is 0 Å². The maximum absolute atomic E-state index is 12.7. The number of anilines is 1. The zero-order valence-electron chi connectivity index (χ0n) is 17.3. The number of piperidine rings is 1. The number of hydrogen-bond donors (Lipinski definition) is 1. The Balaban J connectivity index is 1.34. The van der Waals surface area contributed by atoms with E-state index >= 15 is 0 Å². The number of benzene rings is 2. The summed E-state index contributed by atoms with van der Waals surface area (Å²) >= 11 is 2.88. The molecule has 8 heteroatoms. The lowest BCUT2D eigenvalue weighted by atomic mass is 9.99. The molecule has 160 valence electrons. The van der Waals surface area contributed by atoms with Gasteiger partial charge in [-0.05, 0) is 44.0 Å². The fraction of sp³-hybridized carbons (Fsp3) is 0.304. The molecule has 0 unspecified atom stereocenters. The van der Waals surface area contributed by atoms with E-state index in [9.17, 15) is 9.59 Å². The van der Waals surface area contributed by atoms with Crippen molar-refractivity contribution in [1.29, 1.82) is 0 Å². The first-order valence-electron chi connectivity index (χ1n) is 10.3. The summed E-state index contributed by atoms with van der Waals surface area (Å²) in [5.74, 6) is 0.436. The van der Waals surface area contributed by atoms with E-state index in [1.807, 2.05) is 66.4 Å². The molecule has 0 bridgehead atoms. The van der Waals surface area contributed by atoms with Crippen LogP contribution >= 0.6 is 23.1 Å². The Morgan fingerprint density at radius 2 is 1.90 bits per heavy atom. The molecule has 1 N–H and O–H groups in total. The van der Waals surface area contributed by atoms with Gasteiger partial charge in [0.15, 0.2) is 0 Å². The molecule has 0 saturated carbocycles. The molecule has 1 aliphatic heterocycles. The number of aryl methyl sites for hydroxylation is 1. The summed E-state index contributed by atoms with van der Waals surface area (Å²) < 4.78 is 0. The fourth-order valence-electron chi connectivity index (χ4n) is 3.47.